The average molecular weight is 263 g/mol. The fourth-order valence-corrected chi connectivity index (χ4v) is 3.71. The molecule has 1 aliphatic carbocycles. The average Bonchev–Trinajstić information content (AvgIpc) is 3.08. The van der Waals surface area contributed by atoms with Gasteiger partial charge < -0.3 is 9.64 Å². The van der Waals surface area contributed by atoms with Crippen molar-refractivity contribution in [2.45, 2.75) is 44.6 Å². The number of rotatable bonds is 2. The molecule has 1 spiro atoms. The topological polar surface area (TPSA) is 56.1 Å². The van der Waals surface area contributed by atoms with Crippen molar-refractivity contribution in [3.8, 4) is 0 Å². The highest BCUT2D eigenvalue weighted by Gasteiger charge is 2.44. The minimum absolute atomic E-state index is 0.140. The van der Waals surface area contributed by atoms with Crippen LogP contribution in [-0.2, 0) is 10.3 Å². The molecule has 0 radical (unpaired) electrons. The Morgan fingerprint density at radius 2 is 2.11 bits per heavy atom. The van der Waals surface area contributed by atoms with Crippen LogP contribution in [0.4, 0.5) is 5.95 Å². The monoisotopic (exact) mass is 263 g/mol. The van der Waals surface area contributed by atoms with Crippen LogP contribution in [0.15, 0.2) is 0 Å². The third-order valence-electron chi connectivity index (χ3n) is 5.30. The second kappa shape index (κ2) is 3.91. The summed E-state index contributed by atoms with van der Waals surface area (Å²) in [6.07, 6.45) is 6.05. The molecule has 2 aliphatic heterocycles. The zero-order valence-electron chi connectivity index (χ0n) is 11.5. The predicted molar refractivity (Wildman–Crippen MR) is 70.0 cm³/mol. The van der Waals surface area contributed by atoms with Gasteiger partial charge in [0, 0.05) is 25.1 Å². The van der Waals surface area contributed by atoms with Crippen molar-refractivity contribution in [3.05, 3.63) is 0 Å². The summed E-state index contributed by atoms with van der Waals surface area (Å²) in [6, 6.07) is 0. The molecule has 4 rings (SSSR count). The van der Waals surface area contributed by atoms with Crippen LogP contribution in [0, 0.1) is 5.41 Å². The smallest absolute Gasteiger partial charge is 0.246 e. The van der Waals surface area contributed by atoms with Crippen LogP contribution >= 0.6 is 0 Å². The van der Waals surface area contributed by atoms with E-state index >= 15 is 0 Å². The Balaban J connectivity index is 1.59. The molecule has 3 heterocycles. The quantitative estimate of drug-likeness (QED) is 0.802. The van der Waals surface area contributed by atoms with E-state index in [1.54, 1.807) is 0 Å². The van der Waals surface area contributed by atoms with E-state index in [1.807, 2.05) is 0 Å². The lowest BCUT2D eigenvalue weighted by molar-refractivity contribution is 0.147. The Labute approximate surface area is 113 Å². The lowest BCUT2D eigenvalue weighted by atomic mass is 9.79. The normalized spacial score (nSPS) is 33.0. The van der Waals surface area contributed by atoms with E-state index in [0.29, 0.717) is 5.41 Å². The first-order valence-electron chi connectivity index (χ1n) is 7.33. The summed E-state index contributed by atoms with van der Waals surface area (Å²) < 4.78 is 7.65. The number of aromatic nitrogens is 4. The summed E-state index contributed by atoms with van der Waals surface area (Å²) in [7, 11) is 0. The summed E-state index contributed by atoms with van der Waals surface area (Å²) in [5.74, 6) is 0.964. The largest absolute Gasteiger partial charge is 0.381 e. The molecule has 0 bridgehead atoms. The molecule has 0 amide bonds. The highest BCUT2D eigenvalue weighted by atomic mass is 16.5. The van der Waals surface area contributed by atoms with Gasteiger partial charge in [-0.15, -0.1) is 0 Å². The molecule has 1 aromatic rings. The molecule has 6 nitrogen and oxygen atoms in total. The minimum Gasteiger partial charge on any atom is -0.381 e. The highest BCUT2D eigenvalue weighted by Crippen LogP contribution is 2.43. The molecule has 0 aromatic carbocycles. The summed E-state index contributed by atoms with van der Waals surface area (Å²) in [6.45, 7) is 6.18. The molecule has 19 heavy (non-hydrogen) atoms. The second-order valence-electron chi connectivity index (χ2n) is 6.72. The van der Waals surface area contributed by atoms with E-state index in [4.69, 9.17) is 4.74 Å². The van der Waals surface area contributed by atoms with Gasteiger partial charge in [-0.1, -0.05) is 5.10 Å². The second-order valence-corrected chi connectivity index (χ2v) is 6.72. The molecule has 6 heteroatoms. The summed E-state index contributed by atoms with van der Waals surface area (Å²) >= 11 is 0. The molecule has 0 N–H and O–H groups in total. The van der Waals surface area contributed by atoms with E-state index in [9.17, 15) is 0 Å². The molecule has 1 aromatic heterocycles. The molecular weight excluding hydrogens is 242 g/mol. The van der Waals surface area contributed by atoms with E-state index < -0.39 is 0 Å². The first kappa shape index (κ1) is 11.6. The lowest BCUT2D eigenvalue weighted by Gasteiger charge is -2.39. The maximum absolute atomic E-state index is 5.59. The fraction of sp³-hybridized carbons (Fsp3) is 0.923. The van der Waals surface area contributed by atoms with E-state index in [0.717, 1.165) is 32.3 Å². The van der Waals surface area contributed by atoms with Crippen molar-refractivity contribution in [2.24, 2.45) is 5.41 Å². The number of hydrogen-bond acceptors (Lipinski definition) is 5. The molecule has 104 valence electrons. The Bertz CT molecular complexity index is 475. The molecule has 1 atom stereocenters. The van der Waals surface area contributed by atoms with Crippen LogP contribution in [0.1, 0.15) is 39.0 Å². The van der Waals surface area contributed by atoms with Gasteiger partial charge in [-0.05, 0) is 49.5 Å². The standard InChI is InChI=1S/C13H21N5O/c1-12(3-2-4-12)18-11(14-15-16-18)17-7-5-13(9-17)6-8-19-10-13/h2-10H2,1H3. The number of hydrogen-bond donors (Lipinski definition) is 0. The summed E-state index contributed by atoms with van der Waals surface area (Å²) in [5, 5.41) is 12.5. The van der Waals surface area contributed by atoms with Crippen molar-refractivity contribution >= 4 is 5.95 Å². The molecule has 1 unspecified atom stereocenters. The molecule has 3 aliphatic rings. The van der Waals surface area contributed by atoms with Gasteiger partial charge in [0.25, 0.3) is 0 Å². The highest BCUT2D eigenvalue weighted by molar-refractivity contribution is 5.33. The van der Waals surface area contributed by atoms with Crippen molar-refractivity contribution < 1.29 is 4.74 Å². The lowest BCUT2D eigenvalue weighted by Crippen LogP contribution is -2.41. The van der Waals surface area contributed by atoms with Gasteiger partial charge in [-0.25, -0.2) is 4.68 Å². The van der Waals surface area contributed by atoms with Gasteiger partial charge in [0.1, 0.15) is 0 Å². The Kier molecular flexibility index (Phi) is 2.40. The first-order chi connectivity index (χ1) is 9.21. The Morgan fingerprint density at radius 3 is 2.79 bits per heavy atom. The van der Waals surface area contributed by atoms with Crippen LogP contribution in [-0.4, -0.2) is 46.5 Å². The molecule has 2 saturated heterocycles. The van der Waals surface area contributed by atoms with E-state index in [1.165, 1.54) is 32.1 Å². The van der Waals surface area contributed by atoms with Crippen LogP contribution in [0.5, 0.6) is 0 Å². The first-order valence-corrected chi connectivity index (χ1v) is 7.33. The Morgan fingerprint density at radius 1 is 1.21 bits per heavy atom. The maximum Gasteiger partial charge on any atom is 0.246 e. The third-order valence-corrected chi connectivity index (χ3v) is 5.30. The SMILES string of the molecule is CC1(n2nnnc2N2CCC3(CCOC3)C2)CCC1. The fourth-order valence-electron chi connectivity index (χ4n) is 3.71. The summed E-state index contributed by atoms with van der Waals surface area (Å²) in [4.78, 5) is 2.36. The number of nitrogens with zero attached hydrogens (tertiary/aromatic N) is 5. The van der Waals surface area contributed by atoms with Crippen LogP contribution in [0.2, 0.25) is 0 Å². The van der Waals surface area contributed by atoms with Crippen molar-refractivity contribution in [1.29, 1.82) is 0 Å². The zero-order valence-corrected chi connectivity index (χ0v) is 11.5. The third kappa shape index (κ3) is 1.69. The van der Waals surface area contributed by atoms with Gasteiger partial charge in [0.15, 0.2) is 0 Å². The number of anilines is 1. The molecular formula is C13H21N5O. The van der Waals surface area contributed by atoms with Crippen LogP contribution in [0.3, 0.4) is 0 Å². The van der Waals surface area contributed by atoms with Crippen molar-refractivity contribution in [1.82, 2.24) is 20.2 Å². The van der Waals surface area contributed by atoms with E-state index in [-0.39, 0.29) is 5.54 Å². The maximum atomic E-state index is 5.59. The number of tetrazole rings is 1. The van der Waals surface area contributed by atoms with Gasteiger partial charge in [0.05, 0.1) is 12.1 Å². The molecule has 1 saturated carbocycles. The van der Waals surface area contributed by atoms with Gasteiger partial charge in [-0.3, -0.25) is 0 Å². The number of ether oxygens (including phenoxy) is 1. The zero-order chi connectivity index (χ0) is 12.9. The Hall–Kier alpha value is -1.17. The summed E-state index contributed by atoms with van der Waals surface area (Å²) in [5.41, 5.74) is 0.498. The van der Waals surface area contributed by atoms with Crippen LogP contribution in [0.25, 0.3) is 0 Å². The van der Waals surface area contributed by atoms with Gasteiger partial charge in [-0.2, -0.15) is 0 Å². The van der Waals surface area contributed by atoms with E-state index in [2.05, 4.69) is 32.0 Å². The predicted octanol–water partition coefficient (Wildman–Crippen LogP) is 1.19. The van der Waals surface area contributed by atoms with Crippen LogP contribution < -0.4 is 4.90 Å². The minimum atomic E-state index is 0.140. The van der Waals surface area contributed by atoms with Gasteiger partial charge >= 0.3 is 0 Å². The van der Waals surface area contributed by atoms with Gasteiger partial charge in [0.2, 0.25) is 5.95 Å². The van der Waals surface area contributed by atoms with Crippen molar-refractivity contribution in [2.75, 3.05) is 31.2 Å². The van der Waals surface area contributed by atoms with Crippen molar-refractivity contribution in [3.63, 3.8) is 0 Å². The molecule has 3 fully saturated rings.